The van der Waals surface area contributed by atoms with Crippen molar-refractivity contribution in [1.29, 1.82) is 0 Å². The van der Waals surface area contributed by atoms with E-state index in [-0.39, 0.29) is 107 Å². The second-order valence-electron chi connectivity index (χ2n) is 21.4. The molecule has 0 radical (unpaired) electrons. The Morgan fingerprint density at radius 3 is 1.72 bits per heavy atom. The largest absolute Gasteiger partial charge is 0.480 e. The maximum atomic E-state index is 14.8. The van der Waals surface area contributed by atoms with Gasteiger partial charge >= 0.3 is 5.97 Å². The number of amides is 8. The number of carbonyl (C=O) groups excluding carboxylic acids is 8. The van der Waals surface area contributed by atoms with Gasteiger partial charge in [0.05, 0.1) is 22.0 Å². The van der Waals surface area contributed by atoms with E-state index >= 15 is 0 Å². The molecule has 478 valence electrons. The van der Waals surface area contributed by atoms with Gasteiger partial charge in [-0.05, 0) is 138 Å². The SMILES string of the molecule is CSCC[C@H](NC(=O)[C@H](CC(C)C)NC(=O)[C@H](CC(C)C)NC(=O)[C@@H]1CCCN1C(=O)[C@H](CCCCNc1ccc([N+](=O)[O-])cc1[N+](=O)[O-])NC(=O)[C@H](C)NC(=O)[C@H](CCSC)NC(=O)[C@H](CCCN=C(N)N)NC(=O)[C@@H](N)CCSC)C(=O)O. The number of carboxylic acids is 1. The van der Waals surface area contributed by atoms with Crippen molar-refractivity contribution in [2.45, 2.75) is 166 Å². The molecule has 8 amide bonds. The molecule has 32 heteroatoms. The number of benzene rings is 1. The number of guanidine groups is 1. The first-order chi connectivity index (χ1) is 40.1. The van der Waals surface area contributed by atoms with Crippen LogP contribution >= 0.6 is 35.3 Å². The van der Waals surface area contributed by atoms with Gasteiger partial charge in [-0.3, -0.25) is 63.6 Å². The zero-order chi connectivity index (χ0) is 63.9. The Kier molecular flexibility index (Phi) is 34.2. The predicted molar refractivity (Wildman–Crippen MR) is 329 cm³/mol. The number of nitro groups is 2. The summed E-state index contributed by atoms with van der Waals surface area (Å²) in [6.45, 7) is 8.95. The van der Waals surface area contributed by atoms with Crippen molar-refractivity contribution in [2.24, 2.45) is 34.0 Å². The number of carbonyl (C=O) groups is 9. The number of non-ortho nitro benzene ring substituents is 1. The molecule has 15 N–H and O–H groups in total. The summed E-state index contributed by atoms with van der Waals surface area (Å²) < 4.78 is 0. The average molecular weight is 1260 g/mol. The zero-order valence-electron chi connectivity index (χ0n) is 49.8. The van der Waals surface area contributed by atoms with Crippen LogP contribution in [0.25, 0.3) is 0 Å². The number of rotatable bonds is 41. The number of anilines is 1. The quantitative estimate of drug-likeness (QED) is 0.0145. The molecule has 0 unspecified atom stereocenters. The van der Waals surface area contributed by atoms with Crippen molar-refractivity contribution in [3.8, 4) is 0 Å². The Hall–Kier alpha value is -6.67. The molecule has 85 heavy (non-hydrogen) atoms. The lowest BCUT2D eigenvalue weighted by Gasteiger charge is -2.31. The van der Waals surface area contributed by atoms with E-state index in [0.29, 0.717) is 30.1 Å². The number of nitrogens with zero attached hydrogens (tertiary/aromatic N) is 4. The van der Waals surface area contributed by atoms with Crippen LogP contribution in [0.4, 0.5) is 17.1 Å². The Labute approximate surface area is 509 Å². The summed E-state index contributed by atoms with van der Waals surface area (Å²) in [6, 6.07) is -7.50. The Morgan fingerprint density at radius 2 is 1.15 bits per heavy atom. The summed E-state index contributed by atoms with van der Waals surface area (Å²) in [5.74, 6) is -5.87. The number of likely N-dealkylation sites (tertiary alicyclic amines) is 1. The van der Waals surface area contributed by atoms with Gasteiger partial charge in [-0.2, -0.15) is 35.3 Å². The zero-order valence-corrected chi connectivity index (χ0v) is 52.3. The highest BCUT2D eigenvalue weighted by Gasteiger charge is 2.40. The van der Waals surface area contributed by atoms with Crippen LogP contribution in [-0.4, -0.2) is 189 Å². The maximum absolute atomic E-state index is 14.8. The van der Waals surface area contributed by atoms with Gasteiger partial charge in [0.2, 0.25) is 47.3 Å². The smallest absolute Gasteiger partial charge is 0.326 e. The number of aliphatic imine (C=N–C) groups is 1. The number of unbranched alkanes of at least 4 members (excludes halogenated alkanes) is 1. The number of thioether (sulfide) groups is 3. The molecule has 0 aromatic heterocycles. The lowest BCUT2D eigenvalue weighted by Crippen LogP contribution is -2.60. The number of carboxylic acid groups (broad SMARTS) is 1. The summed E-state index contributed by atoms with van der Waals surface area (Å²) >= 11 is 4.29. The number of nitrogens with two attached hydrogens (primary N) is 3. The summed E-state index contributed by atoms with van der Waals surface area (Å²) in [6.07, 6.45) is 7.54. The van der Waals surface area contributed by atoms with Crippen LogP contribution in [0, 0.1) is 32.1 Å². The molecule has 9 atom stereocenters. The third kappa shape index (κ3) is 27.1. The molecule has 0 aliphatic carbocycles. The first kappa shape index (κ1) is 74.4. The fraction of sp³-hybridized carbons (Fsp3) is 0.698. The number of nitro benzene ring substituents is 2. The van der Waals surface area contributed by atoms with Crippen LogP contribution in [0.1, 0.15) is 112 Å². The molecule has 29 nitrogen and oxygen atoms in total. The molecule has 1 aliphatic heterocycles. The third-order valence-corrected chi connectivity index (χ3v) is 15.5. The Bertz CT molecular complexity index is 2460. The summed E-state index contributed by atoms with van der Waals surface area (Å²) in [5.41, 5.74) is 16.0. The van der Waals surface area contributed by atoms with Gasteiger partial charge in [0.15, 0.2) is 5.96 Å². The molecule has 1 aromatic rings. The van der Waals surface area contributed by atoms with Gasteiger partial charge in [-0.1, -0.05) is 27.7 Å². The summed E-state index contributed by atoms with van der Waals surface area (Å²) in [5, 5.41) is 54.6. The van der Waals surface area contributed by atoms with Crippen LogP contribution in [0.15, 0.2) is 23.2 Å². The molecular weight excluding hydrogens is 1170 g/mol. The Balaban J connectivity index is 2.46. The molecule has 1 aliphatic rings. The minimum atomic E-state index is -1.33. The minimum absolute atomic E-state index is 0.00433. The van der Waals surface area contributed by atoms with Crippen LogP contribution in [0.5, 0.6) is 0 Å². The van der Waals surface area contributed by atoms with E-state index in [1.54, 1.807) is 12.5 Å². The first-order valence-corrected chi connectivity index (χ1v) is 32.4. The third-order valence-electron chi connectivity index (χ3n) is 13.5. The number of aliphatic carboxylic acids is 1. The number of nitrogens with one attached hydrogen (secondary N) is 8. The molecule has 1 heterocycles. The van der Waals surface area contributed by atoms with Crippen molar-refractivity contribution in [3.05, 3.63) is 38.4 Å². The van der Waals surface area contributed by atoms with Gasteiger partial charge in [0, 0.05) is 25.7 Å². The van der Waals surface area contributed by atoms with Gasteiger partial charge in [0.25, 0.3) is 11.4 Å². The molecule has 0 bridgehead atoms. The van der Waals surface area contributed by atoms with Crippen molar-refractivity contribution < 1.29 is 58.1 Å². The van der Waals surface area contributed by atoms with E-state index in [4.69, 9.17) is 17.2 Å². The molecular formula is C53H89N15O14S3. The average Bonchev–Trinajstić information content (AvgIpc) is 3.37. The second-order valence-corrected chi connectivity index (χ2v) is 24.4. The highest BCUT2D eigenvalue weighted by Crippen LogP contribution is 2.29. The van der Waals surface area contributed by atoms with Crippen LogP contribution in [0.3, 0.4) is 0 Å². The van der Waals surface area contributed by atoms with E-state index in [9.17, 15) is 68.5 Å². The topological polar surface area (TPSA) is 450 Å². The molecule has 1 fully saturated rings. The molecule has 2 rings (SSSR count). The van der Waals surface area contributed by atoms with Crippen molar-refractivity contribution in [1.82, 2.24) is 42.1 Å². The molecule has 0 saturated carbocycles. The normalized spacial score (nSPS) is 15.8. The lowest BCUT2D eigenvalue weighted by atomic mass is 9.99. The molecule has 1 saturated heterocycles. The van der Waals surface area contributed by atoms with Crippen LogP contribution in [0.2, 0.25) is 0 Å². The standard InChI is InChI=1S/C53H89N15O14S3/c1-30(2)27-40(48(73)63-39(52(77)78)20-26-85-8)64-49(74)41(28-31(3)4)65-50(75)42-15-12-23-66(42)51(76)38(13-9-10-21-57-35-17-16-33(67(79)80)29-43(35)68(81)82)62-44(69)32(5)59-46(71)37(19-25-84-7)61-47(72)36(14-11-22-58-53(55)56)60-45(70)34(54)18-24-83-6/h16-17,29-32,34,36-42,57H,9-15,18-28,54H2,1-8H3,(H,59,71)(H,60,70)(H,61,72)(H,62,69)(H,63,73)(H,64,74)(H,65,75)(H,77,78)(H4,55,56,58)/t32-,34-,36-,37-,38-,39-,40-,41-,42-/m0/s1. The minimum Gasteiger partial charge on any atom is -0.480 e. The summed E-state index contributed by atoms with van der Waals surface area (Å²) in [4.78, 5) is 151. The Morgan fingerprint density at radius 1 is 0.647 bits per heavy atom. The van der Waals surface area contributed by atoms with Crippen LogP contribution < -0.4 is 59.7 Å². The second kappa shape index (κ2) is 39.1. The molecule has 0 spiro atoms. The maximum Gasteiger partial charge on any atom is 0.326 e. The summed E-state index contributed by atoms with van der Waals surface area (Å²) in [7, 11) is 0. The van der Waals surface area contributed by atoms with E-state index in [2.05, 4.69) is 47.5 Å². The van der Waals surface area contributed by atoms with Gasteiger partial charge in [-0.25, -0.2) is 4.79 Å². The van der Waals surface area contributed by atoms with Crippen LogP contribution in [-0.2, 0) is 43.2 Å². The number of hydrogen-bond acceptors (Lipinski definition) is 19. The van der Waals surface area contributed by atoms with E-state index in [1.807, 2.05) is 34.0 Å². The highest BCUT2D eigenvalue weighted by molar-refractivity contribution is 7.98. The first-order valence-electron chi connectivity index (χ1n) is 28.3. The fourth-order valence-electron chi connectivity index (χ4n) is 8.98. The lowest BCUT2D eigenvalue weighted by molar-refractivity contribution is -0.393. The number of hydrogen-bond donors (Lipinski definition) is 12. The van der Waals surface area contributed by atoms with E-state index in [0.717, 1.165) is 12.1 Å². The van der Waals surface area contributed by atoms with Crippen molar-refractivity contribution in [3.63, 3.8) is 0 Å². The predicted octanol–water partition coefficient (Wildman–Crippen LogP) is 1.31. The fourth-order valence-corrected chi connectivity index (χ4v) is 10.4. The van der Waals surface area contributed by atoms with E-state index < -0.39 is 129 Å². The highest BCUT2D eigenvalue weighted by atomic mass is 32.2. The molecule has 1 aromatic carbocycles. The monoisotopic (exact) mass is 1260 g/mol. The van der Waals surface area contributed by atoms with Crippen molar-refractivity contribution in [2.75, 3.05) is 61.0 Å². The van der Waals surface area contributed by atoms with Gasteiger partial charge in [0.1, 0.15) is 54.0 Å². The van der Waals surface area contributed by atoms with Gasteiger partial charge in [-0.15, -0.1) is 0 Å². The van der Waals surface area contributed by atoms with Crippen molar-refractivity contribution >= 4 is 112 Å². The van der Waals surface area contributed by atoms with E-state index in [1.165, 1.54) is 53.2 Å². The van der Waals surface area contributed by atoms with Gasteiger partial charge < -0.3 is 69.7 Å².